The van der Waals surface area contributed by atoms with E-state index in [1.807, 2.05) is 9.30 Å². The molecule has 8 heteroatoms. The van der Waals surface area contributed by atoms with E-state index in [1.54, 1.807) is 11.3 Å². The third kappa shape index (κ3) is 2.89. The molecular formula is C18H23N5OS2. The second-order valence-electron chi connectivity index (χ2n) is 7.11. The molecule has 0 bridgehead atoms. The van der Waals surface area contributed by atoms with Gasteiger partial charge in [-0.3, -0.25) is 9.20 Å². The molecule has 1 aliphatic heterocycles. The van der Waals surface area contributed by atoms with E-state index in [0.29, 0.717) is 5.75 Å². The molecule has 0 spiro atoms. The number of carbonyl (C=O) groups is 1. The average molecular weight is 390 g/mol. The molecule has 3 aromatic rings. The Bertz CT molecular complexity index is 985. The number of amides is 1. The number of hydrogen-bond acceptors (Lipinski definition) is 6. The molecule has 0 aliphatic carbocycles. The van der Waals surface area contributed by atoms with Crippen LogP contribution >= 0.6 is 23.1 Å². The summed E-state index contributed by atoms with van der Waals surface area (Å²) >= 11 is 3.18. The topological polar surface area (TPSA) is 63.4 Å². The fourth-order valence-corrected chi connectivity index (χ4v) is 5.28. The summed E-state index contributed by atoms with van der Waals surface area (Å²) in [5.41, 5.74) is 2.08. The van der Waals surface area contributed by atoms with Gasteiger partial charge < -0.3 is 4.90 Å². The quantitative estimate of drug-likeness (QED) is 0.635. The van der Waals surface area contributed by atoms with Gasteiger partial charge in [0.1, 0.15) is 10.7 Å². The van der Waals surface area contributed by atoms with E-state index < -0.39 is 0 Å². The van der Waals surface area contributed by atoms with Crippen molar-refractivity contribution < 1.29 is 4.79 Å². The maximum absolute atomic E-state index is 12.4. The predicted molar refractivity (Wildman–Crippen MR) is 106 cm³/mol. The number of nitrogens with zero attached hydrogens (tertiary/aromatic N) is 5. The predicted octanol–water partition coefficient (Wildman–Crippen LogP) is 3.79. The van der Waals surface area contributed by atoms with Crippen LogP contribution in [0.3, 0.4) is 0 Å². The summed E-state index contributed by atoms with van der Waals surface area (Å²) in [5.74, 6) is 1.79. The Morgan fingerprint density at radius 3 is 2.65 bits per heavy atom. The van der Waals surface area contributed by atoms with Crippen LogP contribution in [0.15, 0.2) is 5.16 Å². The Balaban J connectivity index is 1.75. The normalized spacial score (nSPS) is 15.0. The second-order valence-corrected chi connectivity index (χ2v) is 9.25. The van der Waals surface area contributed by atoms with Crippen LogP contribution in [0, 0.1) is 13.8 Å². The van der Waals surface area contributed by atoms with Gasteiger partial charge >= 0.3 is 0 Å². The molecule has 1 fully saturated rings. The molecule has 0 aromatic carbocycles. The summed E-state index contributed by atoms with van der Waals surface area (Å²) in [5, 5.41) is 10.7. The van der Waals surface area contributed by atoms with Crippen molar-refractivity contribution in [2.75, 3.05) is 18.8 Å². The Morgan fingerprint density at radius 2 is 1.96 bits per heavy atom. The van der Waals surface area contributed by atoms with Crippen molar-refractivity contribution in [1.82, 2.24) is 24.5 Å². The van der Waals surface area contributed by atoms with Gasteiger partial charge in [0.2, 0.25) is 5.91 Å². The Labute approximate surface area is 161 Å². The Morgan fingerprint density at radius 1 is 1.23 bits per heavy atom. The van der Waals surface area contributed by atoms with Crippen molar-refractivity contribution in [1.29, 1.82) is 0 Å². The summed E-state index contributed by atoms with van der Waals surface area (Å²) < 4.78 is 2.05. The lowest BCUT2D eigenvalue weighted by Gasteiger charge is -2.14. The van der Waals surface area contributed by atoms with Crippen LogP contribution < -0.4 is 0 Å². The second kappa shape index (κ2) is 6.81. The number of fused-ring (bicyclic) bond motifs is 3. The van der Waals surface area contributed by atoms with Crippen molar-refractivity contribution in [3.05, 3.63) is 16.3 Å². The maximum Gasteiger partial charge on any atom is 0.233 e. The number of aromatic nitrogens is 4. The zero-order chi connectivity index (χ0) is 18.4. The van der Waals surface area contributed by atoms with Gasteiger partial charge in [-0.2, -0.15) is 0 Å². The van der Waals surface area contributed by atoms with Crippen LogP contribution in [-0.2, 0) is 4.79 Å². The van der Waals surface area contributed by atoms with E-state index in [1.165, 1.54) is 22.2 Å². The number of carbonyl (C=O) groups excluding carboxylic acids is 1. The number of rotatable bonds is 4. The lowest BCUT2D eigenvalue weighted by Crippen LogP contribution is -2.29. The first-order valence-electron chi connectivity index (χ1n) is 9.02. The van der Waals surface area contributed by atoms with Gasteiger partial charge in [-0.05, 0) is 32.3 Å². The SMILES string of the molecule is Cc1sc2nc(C(C)C)n3c(SCC(=O)N4CCCC4)nnc3c2c1C. The first kappa shape index (κ1) is 17.7. The van der Waals surface area contributed by atoms with E-state index >= 15 is 0 Å². The summed E-state index contributed by atoms with van der Waals surface area (Å²) in [7, 11) is 0. The standard InChI is InChI=1S/C18H23N5OS2/c1-10(2)15-19-17-14(11(3)12(4)26-17)16-20-21-18(23(15)16)25-9-13(24)22-7-5-6-8-22/h10H,5-9H2,1-4H3. The van der Waals surface area contributed by atoms with Crippen LogP contribution in [0.25, 0.3) is 15.9 Å². The molecule has 4 heterocycles. The molecule has 0 saturated carbocycles. The van der Waals surface area contributed by atoms with Crippen molar-refractivity contribution >= 4 is 44.9 Å². The van der Waals surface area contributed by atoms with Crippen molar-refractivity contribution in [2.24, 2.45) is 0 Å². The van der Waals surface area contributed by atoms with Gasteiger partial charge in [-0.15, -0.1) is 21.5 Å². The Hall–Kier alpha value is -1.67. The molecule has 26 heavy (non-hydrogen) atoms. The first-order chi connectivity index (χ1) is 12.5. The maximum atomic E-state index is 12.4. The monoisotopic (exact) mass is 389 g/mol. The van der Waals surface area contributed by atoms with Gasteiger partial charge in [-0.1, -0.05) is 25.6 Å². The fraction of sp³-hybridized carbons (Fsp3) is 0.556. The number of thiophene rings is 1. The Kier molecular flexibility index (Phi) is 4.64. The molecular weight excluding hydrogens is 366 g/mol. The first-order valence-corrected chi connectivity index (χ1v) is 10.8. The molecule has 0 radical (unpaired) electrons. The number of hydrogen-bond donors (Lipinski definition) is 0. The van der Waals surface area contributed by atoms with E-state index in [-0.39, 0.29) is 11.8 Å². The van der Waals surface area contributed by atoms with Crippen LogP contribution in [0.4, 0.5) is 0 Å². The molecule has 0 N–H and O–H groups in total. The van der Waals surface area contributed by atoms with E-state index in [9.17, 15) is 4.79 Å². The van der Waals surface area contributed by atoms with E-state index in [0.717, 1.165) is 52.8 Å². The molecule has 0 unspecified atom stereocenters. The van der Waals surface area contributed by atoms with Crippen LogP contribution in [0.2, 0.25) is 0 Å². The minimum Gasteiger partial charge on any atom is -0.342 e. The van der Waals surface area contributed by atoms with Gasteiger partial charge in [0.25, 0.3) is 0 Å². The zero-order valence-electron chi connectivity index (χ0n) is 15.6. The van der Waals surface area contributed by atoms with Gasteiger partial charge in [0, 0.05) is 23.9 Å². The molecule has 4 rings (SSSR count). The molecule has 0 atom stereocenters. The third-order valence-electron chi connectivity index (χ3n) is 4.97. The molecule has 138 valence electrons. The van der Waals surface area contributed by atoms with Crippen molar-refractivity contribution in [3.8, 4) is 0 Å². The van der Waals surface area contributed by atoms with Crippen molar-refractivity contribution in [3.63, 3.8) is 0 Å². The smallest absolute Gasteiger partial charge is 0.233 e. The number of aryl methyl sites for hydroxylation is 2. The molecule has 1 aliphatic rings. The highest BCUT2D eigenvalue weighted by atomic mass is 32.2. The highest BCUT2D eigenvalue weighted by Crippen LogP contribution is 2.34. The minimum absolute atomic E-state index is 0.187. The summed E-state index contributed by atoms with van der Waals surface area (Å²) in [6.07, 6.45) is 2.22. The highest BCUT2D eigenvalue weighted by Gasteiger charge is 2.23. The third-order valence-corrected chi connectivity index (χ3v) is 6.98. The molecule has 6 nitrogen and oxygen atoms in total. The summed E-state index contributed by atoms with van der Waals surface area (Å²) in [6.45, 7) is 10.3. The molecule has 1 amide bonds. The van der Waals surface area contributed by atoms with Crippen LogP contribution in [0.5, 0.6) is 0 Å². The minimum atomic E-state index is 0.187. The van der Waals surface area contributed by atoms with Crippen molar-refractivity contribution in [2.45, 2.75) is 51.6 Å². The van der Waals surface area contributed by atoms with E-state index in [4.69, 9.17) is 4.98 Å². The lowest BCUT2D eigenvalue weighted by molar-refractivity contribution is -0.127. The van der Waals surface area contributed by atoms with Crippen LogP contribution in [0.1, 0.15) is 48.9 Å². The van der Waals surface area contributed by atoms with Gasteiger partial charge in [0.15, 0.2) is 10.8 Å². The fourth-order valence-electron chi connectivity index (χ4n) is 3.41. The zero-order valence-corrected chi connectivity index (χ0v) is 17.2. The number of thioether (sulfide) groups is 1. The largest absolute Gasteiger partial charge is 0.342 e. The summed E-state index contributed by atoms with van der Waals surface area (Å²) in [4.78, 5) is 21.5. The van der Waals surface area contributed by atoms with Crippen LogP contribution in [-0.4, -0.2) is 49.2 Å². The van der Waals surface area contributed by atoms with Gasteiger partial charge in [-0.25, -0.2) is 4.98 Å². The average Bonchev–Trinajstić information content (AvgIpc) is 3.32. The number of likely N-dealkylation sites (tertiary alicyclic amines) is 1. The van der Waals surface area contributed by atoms with Gasteiger partial charge in [0.05, 0.1) is 11.1 Å². The molecule has 3 aromatic heterocycles. The molecule has 1 saturated heterocycles. The lowest BCUT2D eigenvalue weighted by atomic mass is 10.2. The summed E-state index contributed by atoms with van der Waals surface area (Å²) in [6, 6.07) is 0. The van der Waals surface area contributed by atoms with E-state index in [2.05, 4.69) is 37.9 Å². The highest BCUT2D eigenvalue weighted by molar-refractivity contribution is 7.99.